The lowest BCUT2D eigenvalue weighted by atomic mass is 10.0. The molecule has 0 spiro atoms. The van der Waals surface area contributed by atoms with Crippen molar-refractivity contribution < 1.29 is 14.6 Å². The summed E-state index contributed by atoms with van der Waals surface area (Å²) in [5.41, 5.74) is 18.6. The number of methoxy groups -OCH3 is 2. The number of nitrogens with two attached hydrogens (primary N) is 3. The smallest absolute Gasteiger partial charge is 0.225 e. The average molecular weight is 291 g/mol. The van der Waals surface area contributed by atoms with E-state index in [4.69, 9.17) is 26.7 Å². The van der Waals surface area contributed by atoms with Crippen LogP contribution in [-0.2, 0) is 6.42 Å². The normalized spacial score (nSPS) is 10.4. The molecule has 0 bridgehead atoms. The van der Waals surface area contributed by atoms with Crippen LogP contribution in [-0.4, -0.2) is 29.3 Å². The lowest BCUT2D eigenvalue weighted by molar-refractivity contribution is 0.397. The Kier molecular flexibility index (Phi) is 3.88. The van der Waals surface area contributed by atoms with Gasteiger partial charge in [0.1, 0.15) is 23.0 Å². The van der Waals surface area contributed by atoms with Crippen LogP contribution in [0.5, 0.6) is 17.4 Å². The minimum atomic E-state index is -0.255. The van der Waals surface area contributed by atoms with Gasteiger partial charge in [0.25, 0.3) is 0 Å². The Morgan fingerprint density at radius 1 is 1.05 bits per heavy atom. The Balaban J connectivity index is 2.45. The second kappa shape index (κ2) is 5.61. The first-order valence-electron chi connectivity index (χ1n) is 6.07. The van der Waals surface area contributed by atoms with E-state index in [9.17, 15) is 5.11 Å². The fraction of sp³-hybridized carbons (Fsp3) is 0.231. The Labute approximate surface area is 121 Å². The van der Waals surface area contributed by atoms with Crippen molar-refractivity contribution in [2.75, 3.05) is 31.4 Å². The number of hydrogen-bond donors (Lipinski definition) is 4. The van der Waals surface area contributed by atoms with Crippen molar-refractivity contribution in [3.05, 3.63) is 23.3 Å². The van der Waals surface area contributed by atoms with Crippen molar-refractivity contribution in [2.45, 2.75) is 6.42 Å². The van der Waals surface area contributed by atoms with E-state index in [1.165, 1.54) is 14.2 Å². The van der Waals surface area contributed by atoms with Crippen LogP contribution in [0.2, 0.25) is 0 Å². The first-order chi connectivity index (χ1) is 9.96. The Morgan fingerprint density at radius 3 is 2.10 bits per heavy atom. The third kappa shape index (κ3) is 2.83. The van der Waals surface area contributed by atoms with Gasteiger partial charge in [0.2, 0.25) is 11.8 Å². The number of aromatic hydroxyl groups is 1. The van der Waals surface area contributed by atoms with E-state index in [1.807, 2.05) is 0 Å². The maximum absolute atomic E-state index is 9.84. The van der Waals surface area contributed by atoms with Crippen LogP contribution in [0, 0.1) is 0 Å². The van der Waals surface area contributed by atoms with E-state index >= 15 is 0 Å². The monoisotopic (exact) mass is 291 g/mol. The number of anilines is 3. The maximum atomic E-state index is 9.84. The molecule has 8 heteroatoms. The van der Waals surface area contributed by atoms with Crippen LogP contribution in [0.3, 0.4) is 0 Å². The molecule has 0 aliphatic carbocycles. The molecule has 0 atom stereocenters. The summed E-state index contributed by atoms with van der Waals surface area (Å²) in [6, 6.07) is 3.46. The third-order valence-electron chi connectivity index (χ3n) is 3.02. The summed E-state index contributed by atoms with van der Waals surface area (Å²) in [6.45, 7) is 0. The standard InChI is InChI=1S/C13H17N5O3/c1-20-8-4-6(5-9(21-2)10(8)14)3-7-11(15)17-13(16)18-12(7)19/h4-5H,3,14H2,1-2H3,(H5,15,16,17,18,19). The molecule has 21 heavy (non-hydrogen) atoms. The lowest BCUT2D eigenvalue weighted by Gasteiger charge is -2.13. The van der Waals surface area contributed by atoms with Gasteiger partial charge in [-0.2, -0.15) is 9.97 Å². The summed E-state index contributed by atoms with van der Waals surface area (Å²) in [5.74, 6) is 0.725. The molecular formula is C13H17N5O3. The topological polar surface area (TPSA) is 143 Å². The number of ether oxygens (including phenoxy) is 2. The Hall–Kier alpha value is -2.90. The first kappa shape index (κ1) is 14.5. The van der Waals surface area contributed by atoms with Crippen molar-refractivity contribution in [3.63, 3.8) is 0 Å². The molecule has 1 aromatic carbocycles. The molecule has 0 saturated heterocycles. The van der Waals surface area contributed by atoms with E-state index in [2.05, 4.69) is 9.97 Å². The van der Waals surface area contributed by atoms with Crippen molar-refractivity contribution in [3.8, 4) is 17.4 Å². The second-order valence-corrected chi connectivity index (χ2v) is 4.36. The average Bonchev–Trinajstić information content (AvgIpc) is 2.44. The molecule has 0 fully saturated rings. The molecule has 0 unspecified atom stereocenters. The van der Waals surface area contributed by atoms with Crippen molar-refractivity contribution in [1.82, 2.24) is 9.97 Å². The van der Waals surface area contributed by atoms with Gasteiger partial charge in [0.15, 0.2) is 0 Å². The van der Waals surface area contributed by atoms with Gasteiger partial charge in [-0.05, 0) is 17.7 Å². The molecule has 0 radical (unpaired) electrons. The molecule has 2 aromatic rings. The molecule has 7 N–H and O–H groups in total. The molecule has 112 valence electrons. The highest BCUT2D eigenvalue weighted by atomic mass is 16.5. The summed E-state index contributed by atoms with van der Waals surface area (Å²) >= 11 is 0. The molecular weight excluding hydrogens is 274 g/mol. The Bertz CT molecular complexity index is 627. The molecule has 8 nitrogen and oxygen atoms in total. The number of nitrogen functional groups attached to an aromatic ring is 3. The zero-order valence-corrected chi connectivity index (χ0v) is 11.8. The van der Waals surface area contributed by atoms with E-state index in [-0.39, 0.29) is 24.1 Å². The van der Waals surface area contributed by atoms with Crippen LogP contribution < -0.4 is 26.7 Å². The third-order valence-corrected chi connectivity index (χ3v) is 3.02. The van der Waals surface area contributed by atoms with Gasteiger partial charge in [-0.3, -0.25) is 0 Å². The van der Waals surface area contributed by atoms with E-state index in [0.29, 0.717) is 22.7 Å². The van der Waals surface area contributed by atoms with E-state index < -0.39 is 0 Å². The van der Waals surface area contributed by atoms with Crippen LogP contribution in [0.15, 0.2) is 12.1 Å². The van der Waals surface area contributed by atoms with Crippen LogP contribution in [0.4, 0.5) is 17.5 Å². The van der Waals surface area contributed by atoms with Gasteiger partial charge in [-0.25, -0.2) is 0 Å². The summed E-state index contributed by atoms with van der Waals surface area (Å²) in [5, 5.41) is 9.84. The van der Waals surface area contributed by atoms with Gasteiger partial charge >= 0.3 is 0 Å². The summed E-state index contributed by atoms with van der Waals surface area (Å²) in [4.78, 5) is 7.52. The summed E-state index contributed by atoms with van der Waals surface area (Å²) in [6.07, 6.45) is 0.283. The summed E-state index contributed by atoms with van der Waals surface area (Å²) in [7, 11) is 3.01. The highest BCUT2D eigenvalue weighted by Crippen LogP contribution is 2.35. The van der Waals surface area contributed by atoms with Crippen LogP contribution >= 0.6 is 0 Å². The molecule has 0 aliphatic rings. The van der Waals surface area contributed by atoms with Gasteiger partial charge in [0.05, 0.1) is 19.8 Å². The van der Waals surface area contributed by atoms with Gasteiger partial charge in [0, 0.05) is 6.42 Å². The molecule has 1 heterocycles. The van der Waals surface area contributed by atoms with Gasteiger partial charge in [-0.1, -0.05) is 0 Å². The molecule has 0 amide bonds. The predicted molar refractivity (Wildman–Crippen MR) is 79.3 cm³/mol. The van der Waals surface area contributed by atoms with Crippen molar-refractivity contribution >= 4 is 17.5 Å². The van der Waals surface area contributed by atoms with Crippen molar-refractivity contribution in [1.29, 1.82) is 0 Å². The van der Waals surface area contributed by atoms with E-state index in [1.54, 1.807) is 12.1 Å². The highest BCUT2D eigenvalue weighted by molar-refractivity contribution is 5.65. The zero-order chi connectivity index (χ0) is 15.6. The van der Waals surface area contributed by atoms with Crippen molar-refractivity contribution in [2.24, 2.45) is 0 Å². The minimum Gasteiger partial charge on any atom is -0.494 e. The number of aromatic nitrogens is 2. The van der Waals surface area contributed by atoms with Crippen LogP contribution in [0.1, 0.15) is 11.1 Å². The number of nitrogens with zero attached hydrogens (tertiary/aromatic N) is 2. The number of rotatable bonds is 4. The number of benzene rings is 1. The fourth-order valence-electron chi connectivity index (χ4n) is 1.98. The van der Waals surface area contributed by atoms with Gasteiger partial charge < -0.3 is 31.8 Å². The van der Waals surface area contributed by atoms with E-state index in [0.717, 1.165) is 5.56 Å². The summed E-state index contributed by atoms with van der Waals surface area (Å²) < 4.78 is 10.4. The molecule has 0 aliphatic heterocycles. The maximum Gasteiger partial charge on any atom is 0.225 e. The SMILES string of the molecule is COc1cc(Cc2c(N)nc(N)nc2O)cc(OC)c1N. The fourth-order valence-corrected chi connectivity index (χ4v) is 1.98. The molecule has 1 aromatic heterocycles. The van der Waals surface area contributed by atoms with Gasteiger partial charge in [-0.15, -0.1) is 0 Å². The highest BCUT2D eigenvalue weighted by Gasteiger charge is 2.15. The number of hydrogen-bond acceptors (Lipinski definition) is 8. The Morgan fingerprint density at radius 2 is 1.62 bits per heavy atom. The lowest BCUT2D eigenvalue weighted by Crippen LogP contribution is -2.05. The molecule has 0 saturated carbocycles. The molecule has 2 rings (SSSR count). The second-order valence-electron chi connectivity index (χ2n) is 4.36. The van der Waals surface area contributed by atoms with Crippen LogP contribution in [0.25, 0.3) is 0 Å². The predicted octanol–water partition coefficient (Wildman–Crippen LogP) is 0.537. The zero-order valence-electron chi connectivity index (χ0n) is 11.8. The first-order valence-corrected chi connectivity index (χ1v) is 6.07. The quantitative estimate of drug-likeness (QED) is 0.597. The minimum absolute atomic E-state index is 0.0822. The largest absolute Gasteiger partial charge is 0.494 e.